The third-order valence-electron chi connectivity index (χ3n) is 4.27. The van der Waals surface area contributed by atoms with Crippen LogP contribution in [-0.4, -0.2) is 41.7 Å². The van der Waals surface area contributed by atoms with Crippen LogP contribution in [0.5, 0.6) is 0 Å². The number of amidine groups is 1. The van der Waals surface area contributed by atoms with E-state index >= 15 is 0 Å². The molecule has 11 heteroatoms. The first-order valence-corrected chi connectivity index (χ1v) is 9.74. The van der Waals surface area contributed by atoms with Crippen LogP contribution < -0.4 is 21.3 Å². The van der Waals surface area contributed by atoms with Crippen molar-refractivity contribution in [2.75, 3.05) is 28.7 Å². The van der Waals surface area contributed by atoms with E-state index in [0.29, 0.717) is 23.9 Å². The largest absolute Gasteiger partial charge is 0.463 e. The van der Waals surface area contributed by atoms with Gasteiger partial charge in [0.15, 0.2) is 0 Å². The lowest BCUT2D eigenvalue weighted by Gasteiger charge is -2.15. The molecule has 1 aromatic carbocycles. The Balaban J connectivity index is 1.70. The summed E-state index contributed by atoms with van der Waals surface area (Å²) in [5, 5.41) is 13.3. The van der Waals surface area contributed by atoms with Gasteiger partial charge in [-0.1, -0.05) is 18.2 Å². The number of carbonyl (C=O) groups is 2. The summed E-state index contributed by atoms with van der Waals surface area (Å²) in [6.45, 7) is 4.72. The van der Waals surface area contributed by atoms with Crippen molar-refractivity contribution in [1.29, 1.82) is 5.41 Å². The molecule has 1 aromatic heterocycles. The van der Waals surface area contributed by atoms with Gasteiger partial charge in [0.1, 0.15) is 18.1 Å². The summed E-state index contributed by atoms with van der Waals surface area (Å²) in [6.07, 6.45) is 3.66. The molecule has 2 heterocycles. The second-order valence-corrected chi connectivity index (χ2v) is 6.86. The topological polar surface area (TPSA) is 146 Å². The highest BCUT2D eigenvalue weighted by molar-refractivity contribution is 6.54. The number of hydrogen-bond acceptors (Lipinski definition) is 7. The quantitative estimate of drug-likeness (QED) is 0.374. The van der Waals surface area contributed by atoms with Crippen molar-refractivity contribution in [1.82, 2.24) is 4.98 Å². The molecule has 5 N–H and O–H groups in total. The molecule has 32 heavy (non-hydrogen) atoms. The van der Waals surface area contributed by atoms with Gasteiger partial charge in [-0.3, -0.25) is 19.9 Å². The minimum absolute atomic E-state index is 0.0742. The third kappa shape index (κ3) is 5.49. The summed E-state index contributed by atoms with van der Waals surface area (Å²) in [6, 6.07) is 9.96. The number of amides is 2. The molecule has 10 nitrogen and oxygen atoms in total. The molecule has 0 unspecified atom stereocenters. The number of rotatable bonds is 7. The number of aromatic nitrogens is 1. The summed E-state index contributed by atoms with van der Waals surface area (Å²) in [5.74, 6) is -1.09. The summed E-state index contributed by atoms with van der Waals surface area (Å²) in [7, 11) is 0. The zero-order valence-corrected chi connectivity index (χ0v) is 17.6. The Hall–Kier alpha value is -4.18. The lowest BCUT2D eigenvalue weighted by Crippen LogP contribution is -2.30. The lowest BCUT2D eigenvalue weighted by atomic mass is 10.1. The number of benzene rings is 1. The maximum atomic E-state index is 12.7. The van der Waals surface area contributed by atoms with Gasteiger partial charge in [-0.25, -0.2) is 9.98 Å². The Bertz CT molecular complexity index is 1100. The lowest BCUT2D eigenvalue weighted by molar-refractivity contribution is -0.113. The monoisotopic (exact) mass is 453 g/mol. The molecule has 3 rings (SSSR count). The Morgan fingerprint density at radius 1 is 1.22 bits per heavy atom. The maximum absolute atomic E-state index is 12.7. The average Bonchev–Trinajstić information content (AvgIpc) is 3.21. The number of anilines is 3. The number of nitrogens with one attached hydrogen (secondary N) is 3. The number of halogens is 1. The molecular weight excluding hydrogens is 434 g/mol. The van der Waals surface area contributed by atoms with Crippen LogP contribution >= 0.6 is 11.6 Å². The molecule has 2 aromatic rings. The van der Waals surface area contributed by atoms with Gasteiger partial charge in [-0.15, -0.1) is 0 Å². The van der Waals surface area contributed by atoms with Crippen LogP contribution in [0.15, 0.2) is 72.1 Å². The fourth-order valence-electron chi connectivity index (χ4n) is 2.71. The Morgan fingerprint density at radius 2 is 1.97 bits per heavy atom. The number of hydrogen-bond donors (Lipinski definition) is 4. The smallest absolute Gasteiger partial charge is 0.289 e. The third-order valence-corrected chi connectivity index (χ3v) is 4.49. The van der Waals surface area contributed by atoms with E-state index in [1.807, 2.05) is 0 Å². The fraction of sp³-hybridized carbons (Fsp3) is 0.0952. The van der Waals surface area contributed by atoms with Crippen LogP contribution in [0.2, 0.25) is 5.02 Å². The zero-order valence-electron chi connectivity index (χ0n) is 16.8. The minimum atomic E-state index is -0.694. The van der Waals surface area contributed by atoms with E-state index in [2.05, 4.69) is 27.2 Å². The summed E-state index contributed by atoms with van der Waals surface area (Å²) in [4.78, 5) is 35.0. The highest BCUT2D eigenvalue weighted by Gasteiger charge is 2.22. The van der Waals surface area contributed by atoms with Crippen molar-refractivity contribution in [3.63, 3.8) is 0 Å². The number of ether oxygens (including phenoxy) is 1. The van der Waals surface area contributed by atoms with Crippen LogP contribution in [0, 0.1) is 5.41 Å². The molecule has 0 spiro atoms. The van der Waals surface area contributed by atoms with Gasteiger partial charge in [-0.2, -0.15) is 0 Å². The van der Waals surface area contributed by atoms with Crippen molar-refractivity contribution in [2.24, 2.45) is 10.7 Å². The first kappa shape index (κ1) is 22.5. The number of nitrogens with zero attached hydrogens (tertiary/aromatic N) is 3. The molecule has 0 saturated carbocycles. The highest BCUT2D eigenvalue weighted by atomic mass is 35.5. The second kappa shape index (κ2) is 10.2. The first-order valence-electron chi connectivity index (χ1n) is 9.36. The number of carbonyl (C=O) groups excluding carboxylic acids is 2. The van der Waals surface area contributed by atoms with Crippen LogP contribution in [-0.2, 0) is 14.3 Å². The fourth-order valence-corrected chi connectivity index (χ4v) is 2.83. The van der Waals surface area contributed by atoms with Gasteiger partial charge in [0, 0.05) is 30.0 Å². The van der Waals surface area contributed by atoms with Crippen LogP contribution in [0.3, 0.4) is 0 Å². The standard InChI is InChI=1S/C21H20ClN7O3/c1-13(18(25-9-8-23)20(31)28-17-7-2-14(22)12-26-17)19(30)27-15-3-5-16(6-4-15)29-10-11-32-21(29)24/h2-9,12,24H,1,10-11,23H2,(H,27,30)(H,26,28,31)/b9-8-,24-21?,25-18?. The predicted molar refractivity (Wildman–Crippen MR) is 124 cm³/mol. The minimum Gasteiger partial charge on any atom is -0.463 e. The summed E-state index contributed by atoms with van der Waals surface area (Å²) < 4.78 is 5.13. The number of pyridine rings is 1. The van der Waals surface area contributed by atoms with Gasteiger partial charge >= 0.3 is 0 Å². The van der Waals surface area contributed by atoms with E-state index in [1.165, 1.54) is 18.5 Å². The molecule has 1 saturated heterocycles. The predicted octanol–water partition coefficient (Wildman–Crippen LogP) is 2.51. The van der Waals surface area contributed by atoms with E-state index in [9.17, 15) is 9.59 Å². The Labute approximate surface area is 188 Å². The van der Waals surface area contributed by atoms with Crippen LogP contribution in [0.4, 0.5) is 17.2 Å². The molecule has 1 aliphatic rings. The highest BCUT2D eigenvalue weighted by Crippen LogP contribution is 2.21. The Morgan fingerprint density at radius 3 is 2.56 bits per heavy atom. The molecular formula is C21H20ClN7O3. The SMILES string of the molecule is C=C(C(=O)Nc1ccc(N2CCOC2=N)cc1)C(=N/C=C\N)C(=O)Nc1ccc(Cl)cn1. The molecule has 0 atom stereocenters. The van der Waals surface area contributed by atoms with E-state index in [4.69, 9.17) is 27.5 Å². The molecule has 0 bridgehead atoms. The molecule has 1 fully saturated rings. The van der Waals surface area contributed by atoms with Crippen molar-refractivity contribution < 1.29 is 14.3 Å². The van der Waals surface area contributed by atoms with Gasteiger partial charge in [0.25, 0.3) is 17.8 Å². The van der Waals surface area contributed by atoms with Gasteiger partial charge in [-0.05, 0) is 36.4 Å². The second-order valence-electron chi connectivity index (χ2n) is 6.42. The summed E-state index contributed by atoms with van der Waals surface area (Å²) >= 11 is 5.79. The average molecular weight is 454 g/mol. The van der Waals surface area contributed by atoms with E-state index in [0.717, 1.165) is 11.9 Å². The first-order chi connectivity index (χ1) is 15.4. The van der Waals surface area contributed by atoms with Gasteiger partial charge in [0.05, 0.1) is 17.1 Å². The van der Waals surface area contributed by atoms with Crippen LogP contribution in [0.1, 0.15) is 0 Å². The summed E-state index contributed by atoms with van der Waals surface area (Å²) in [5.41, 5.74) is 6.14. The van der Waals surface area contributed by atoms with Gasteiger partial charge in [0.2, 0.25) is 0 Å². The normalized spacial score (nSPS) is 13.7. The Kier molecular flexibility index (Phi) is 7.19. The number of nitrogens with two attached hydrogens (primary N) is 1. The molecule has 2 amide bonds. The molecule has 0 radical (unpaired) electrons. The number of aliphatic imine (C=N–C) groups is 1. The maximum Gasteiger partial charge on any atom is 0.289 e. The van der Waals surface area contributed by atoms with E-state index in [-0.39, 0.29) is 23.1 Å². The van der Waals surface area contributed by atoms with Crippen molar-refractivity contribution in [2.45, 2.75) is 0 Å². The van der Waals surface area contributed by atoms with Gasteiger partial charge < -0.3 is 21.1 Å². The van der Waals surface area contributed by atoms with Crippen molar-refractivity contribution >= 4 is 52.3 Å². The zero-order chi connectivity index (χ0) is 23.1. The van der Waals surface area contributed by atoms with E-state index in [1.54, 1.807) is 35.2 Å². The molecule has 164 valence electrons. The van der Waals surface area contributed by atoms with Crippen molar-refractivity contribution in [3.8, 4) is 0 Å². The van der Waals surface area contributed by atoms with Crippen molar-refractivity contribution in [3.05, 3.63) is 72.2 Å². The molecule has 0 aliphatic carbocycles. The van der Waals surface area contributed by atoms with Crippen LogP contribution in [0.25, 0.3) is 0 Å². The van der Waals surface area contributed by atoms with E-state index < -0.39 is 11.8 Å². The molecule has 1 aliphatic heterocycles.